The molecule has 0 spiro atoms. The van der Waals surface area contributed by atoms with Crippen LogP contribution in [-0.2, 0) is 11.3 Å². The maximum absolute atomic E-state index is 13.2. The predicted molar refractivity (Wildman–Crippen MR) is 129 cm³/mol. The van der Waals surface area contributed by atoms with Gasteiger partial charge in [0.2, 0.25) is 0 Å². The highest BCUT2D eigenvalue weighted by Gasteiger charge is 2.22. The maximum atomic E-state index is 13.2. The standard InChI is InChI=1S/C25H23BrN4O3/c1-15(17-8-10-18(11-9-17)25(32)33-3)28-24(31)23-22(26)16(2)29-30(23)14-21-12-19-6-4-5-7-20(19)13-27-21/h4-13,15H,14H2,1-3H3,(H,28,31)/t15-/m0/s1. The van der Waals surface area contributed by atoms with Crippen LogP contribution in [0, 0.1) is 6.92 Å². The minimum atomic E-state index is -0.399. The average Bonchev–Trinajstić information content (AvgIpc) is 3.11. The lowest BCUT2D eigenvalue weighted by Crippen LogP contribution is -2.29. The molecule has 4 rings (SSSR count). The van der Waals surface area contributed by atoms with Crippen molar-refractivity contribution in [1.82, 2.24) is 20.1 Å². The van der Waals surface area contributed by atoms with Crippen LogP contribution in [0.15, 0.2) is 65.3 Å². The third kappa shape index (κ3) is 4.80. The molecule has 2 aromatic heterocycles. The topological polar surface area (TPSA) is 86.1 Å². The van der Waals surface area contributed by atoms with Gasteiger partial charge in [0.1, 0.15) is 5.69 Å². The number of hydrogen-bond acceptors (Lipinski definition) is 5. The molecule has 0 bridgehead atoms. The number of amides is 1. The summed E-state index contributed by atoms with van der Waals surface area (Å²) in [4.78, 5) is 29.4. The normalized spacial score (nSPS) is 11.9. The van der Waals surface area contributed by atoms with E-state index in [4.69, 9.17) is 4.74 Å². The zero-order valence-corrected chi connectivity index (χ0v) is 20.1. The van der Waals surface area contributed by atoms with E-state index in [9.17, 15) is 9.59 Å². The first-order valence-electron chi connectivity index (χ1n) is 10.4. The summed E-state index contributed by atoms with van der Waals surface area (Å²) in [6, 6.07) is 16.7. The Bertz CT molecular complexity index is 1330. The van der Waals surface area contributed by atoms with Gasteiger partial charge in [-0.25, -0.2) is 4.79 Å². The van der Waals surface area contributed by atoms with Crippen molar-refractivity contribution in [3.8, 4) is 0 Å². The van der Waals surface area contributed by atoms with Gasteiger partial charge in [-0.3, -0.25) is 14.5 Å². The Morgan fingerprint density at radius 1 is 1.12 bits per heavy atom. The second-order valence-electron chi connectivity index (χ2n) is 7.74. The highest BCUT2D eigenvalue weighted by Crippen LogP contribution is 2.24. The Balaban J connectivity index is 1.55. The molecule has 0 fully saturated rings. The molecular formula is C25H23BrN4O3. The molecule has 7 nitrogen and oxygen atoms in total. The molecule has 4 aromatic rings. The van der Waals surface area contributed by atoms with E-state index in [0.717, 1.165) is 27.7 Å². The molecule has 1 atom stereocenters. The zero-order valence-electron chi connectivity index (χ0n) is 18.5. The van der Waals surface area contributed by atoms with Gasteiger partial charge in [0, 0.05) is 11.6 Å². The van der Waals surface area contributed by atoms with E-state index in [0.29, 0.717) is 22.3 Å². The van der Waals surface area contributed by atoms with Crippen LogP contribution in [0.3, 0.4) is 0 Å². The van der Waals surface area contributed by atoms with Crippen molar-refractivity contribution in [2.75, 3.05) is 7.11 Å². The number of nitrogens with one attached hydrogen (secondary N) is 1. The number of hydrogen-bond donors (Lipinski definition) is 1. The minimum absolute atomic E-state index is 0.257. The lowest BCUT2D eigenvalue weighted by Gasteiger charge is -2.16. The van der Waals surface area contributed by atoms with Gasteiger partial charge in [-0.1, -0.05) is 36.4 Å². The molecule has 2 aromatic carbocycles. The van der Waals surface area contributed by atoms with E-state index >= 15 is 0 Å². The molecule has 1 N–H and O–H groups in total. The number of esters is 1. The van der Waals surface area contributed by atoms with Gasteiger partial charge in [0.25, 0.3) is 5.91 Å². The summed E-state index contributed by atoms with van der Waals surface area (Å²) in [6.07, 6.45) is 1.83. The Kier molecular flexibility index (Phi) is 6.55. The molecule has 1 amide bonds. The Labute approximate surface area is 199 Å². The summed E-state index contributed by atoms with van der Waals surface area (Å²) < 4.78 is 7.04. The highest BCUT2D eigenvalue weighted by molar-refractivity contribution is 9.10. The van der Waals surface area contributed by atoms with Crippen LogP contribution in [0.5, 0.6) is 0 Å². The number of ether oxygens (including phenoxy) is 1. The van der Waals surface area contributed by atoms with E-state index in [1.165, 1.54) is 7.11 Å². The molecule has 0 radical (unpaired) electrons. The second-order valence-corrected chi connectivity index (χ2v) is 8.53. The van der Waals surface area contributed by atoms with Crippen LogP contribution in [0.2, 0.25) is 0 Å². The second kappa shape index (κ2) is 9.54. The molecule has 168 valence electrons. The smallest absolute Gasteiger partial charge is 0.337 e. The summed E-state index contributed by atoms with van der Waals surface area (Å²) in [5.74, 6) is -0.656. The number of nitrogens with zero attached hydrogens (tertiary/aromatic N) is 3. The monoisotopic (exact) mass is 506 g/mol. The number of halogens is 1. The fourth-order valence-corrected chi connectivity index (χ4v) is 4.10. The van der Waals surface area contributed by atoms with Crippen LogP contribution in [0.1, 0.15) is 50.8 Å². The number of aromatic nitrogens is 3. The maximum Gasteiger partial charge on any atom is 0.337 e. The van der Waals surface area contributed by atoms with Crippen molar-refractivity contribution in [3.05, 3.63) is 93.5 Å². The molecular weight excluding hydrogens is 484 g/mol. The summed E-state index contributed by atoms with van der Waals surface area (Å²) in [5.41, 5.74) is 3.28. The summed E-state index contributed by atoms with van der Waals surface area (Å²) in [5, 5.41) is 9.71. The van der Waals surface area contributed by atoms with E-state index in [-0.39, 0.29) is 11.9 Å². The molecule has 0 aliphatic heterocycles. The highest BCUT2D eigenvalue weighted by atomic mass is 79.9. The quantitative estimate of drug-likeness (QED) is 0.378. The van der Waals surface area contributed by atoms with Gasteiger partial charge in [-0.05, 0) is 58.9 Å². The van der Waals surface area contributed by atoms with Crippen LogP contribution >= 0.6 is 15.9 Å². The molecule has 0 saturated heterocycles. The summed E-state index contributed by atoms with van der Waals surface area (Å²) in [7, 11) is 1.34. The van der Waals surface area contributed by atoms with Gasteiger partial charge in [-0.2, -0.15) is 5.10 Å². The van der Waals surface area contributed by atoms with Gasteiger partial charge < -0.3 is 10.1 Å². The lowest BCUT2D eigenvalue weighted by atomic mass is 10.1. The average molecular weight is 507 g/mol. The molecule has 0 saturated carbocycles. The molecule has 2 heterocycles. The van der Waals surface area contributed by atoms with E-state index in [2.05, 4.69) is 31.3 Å². The van der Waals surface area contributed by atoms with Crippen LogP contribution in [0.4, 0.5) is 0 Å². The number of pyridine rings is 1. The molecule has 33 heavy (non-hydrogen) atoms. The first-order chi connectivity index (χ1) is 15.9. The van der Waals surface area contributed by atoms with Crippen LogP contribution in [-0.4, -0.2) is 33.8 Å². The number of carbonyl (C=O) groups is 2. The number of fused-ring (bicyclic) bond motifs is 1. The third-order valence-corrected chi connectivity index (χ3v) is 6.40. The number of carbonyl (C=O) groups excluding carboxylic acids is 2. The molecule has 0 aliphatic rings. The van der Waals surface area contributed by atoms with Gasteiger partial charge in [-0.15, -0.1) is 0 Å². The Morgan fingerprint density at radius 3 is 2.52 bits per heavy atom. The minimum Gasteiger partial charge on any atom is -0.465 e. The third-order valence-electron chi connectivity index (χ3n) is 5.45. The summed E-state index contributed by atoms with van der Waals surface area (Å²) >= 11 is 3.52. The van der Waals surface area contributed by atoms with Crippen LogP contribution < -0.4 is 5.32 Å². The lowest BCUT2D eigenvalue weighted by molar-refractivity contribution is 0.0600. The van der Waals surface area contributed by atoms with Gasteiger partial charge in [0.05, 0.1) is 41.1 Å². The molecule has 8 heteroatoms. The first kappa shape index (κ1) is 22.7. The SMILES string of the molecule is COC(=O)c1ccc([C@H](C)NC(=O)c2c(Br)c(C)nn2Cc2cc3ccccc3cn2)cc1. The molecule has 0 aliphatic carbocycles. The zero-order chi connectivity index (χ0) is 23.5. The van der Waals surface area contributed by atoms with Gasteiger partial charge in [0.15, 0.2) is 0 Å². The number of aryl methyl sites for hydroxylation is 1. The fourth-order valence-electron chi connectivity index (χ4n) is 3.63. The van der Waals surface area contributed by atoms with Crippen molar-refractivity contribution in [2.24, 2.45) is 0 Å². The fraction of sp³-hybridized carbons (Fsp3) is 0.200. The predicted octanol–water partition coefficient (Wildman–Crippen LogP) is 4.83. The van der Waals surface area contributed by atoms with Crippen molar-refractivity contribution in [3.63, 3.8) is 0 Å². The number of methoxy groups -OCH3 is 1. The summed E-state index contributed by atoms with van der Waals surface area (Å²) in [6.45, 7) is 4.10. The van der Waals surface area contributed by atoms with Crippen molar-refractivity contribution in [2.45, 2.75) is 26.4 Å². The van der Waals surface area contributed by atoms with Crippen molar-refractivity contribution in [1.29, 1.82) is 0 Å². The van der Waals surface area contributed by atoms with E-state index < -0.39 is 5.97 Å². The van der Waals surface area contributed by atoms with Crippen molar-refractivity contribution >= 4 is 38.6 Å². The molecule has 0 unspecified atom stereocenters. The van der Waals surface area contributed by atoms with Crippen molar-refractivity contribution < 1.29 is 14.3 Å². The van der Waals surface area contributed by atoms with Crippen LogP contribution in [0.25, 0.3) is 10.8 Å². The number of rotatable bonds is 6. The van der Waals surface area contributed by atoms with E-state index in [1.807, 2.05) is 50.4 Å². The Hall–Kier alpha value is -3.52. The largest absolute Gasteiger partial charge is 0.465 e. The Morgan fingerprint density at radius 2 is 1.82 bits per heavy atom. The number of benzene rings is 2. The van der Waals surface area contributed by atoms with E-state index in [1.54, 1.807) is 28.9 Å². The van der Waals surface area contributed by atoms with Gasteiger partial charge >= 0.3 is 5.97 Å². The first-order valence-corrected chi connectivity index (χ1v) is 11.2.